The molecule has 22 heavy (non-hydrogen) atoms. The van der Waals surface area contributed by atoms with E-state index < -0.39 is 5.82 Å². The number of halogens is 2. The molecule has 108 valence electrons. The van der Waals surface area contributed by atoms with Crippen molar-refractivity contribution in [3.8, 4) is 22.3 Å². The Balaban J connectivity index is 0.00000176. The zero-order chi connectivity index (χ0) is 14.8. The largest absolute Gasteiger partial charge is 0.208 e. The molecule has 0 fully saturated rings. The molecule has 0 saturated carbocycles. The van der Waals surface area contributed by atoms with Crippen LogP contribution in [0.3, 0.4) is 0 Å². The summed E-state index contributed by atoms with van der Waals surface area (Å²) in [6, 6.07) is 18.7. The predicted molar refractivity (Wildman–Crippen MR) is 89.3 cm³/mol. The molecule has 3 heteroatoms. The van der Waals surface area contributed by atoms with Gasteiger partial charge in [-0.15, -0.1) is 0 Å². The van der Waals surface area contributed by atoms with Crippen molar-refractivity contribution in [1.82, 2.24) is 0 Å². The molecular formula is C19H15BF2. The molecule has 0 N–H and O–H groups in total. The lowest BCUT2D eigenvalue weighted by atomic mass is 9.92. The standard InChI is InChI=1S/C18H11BF2.CH4/c19-16-9-7-14(11-18(16)21)13-6-8-15(17(20)10-13)12-4-2-1-3-5-12;/h1-11H;1H4. The number of hydrogen-bond acceptors (Lipinski definition) is 0. The Labute approximate surface area is 130 Å². The van der Waals surface area contributed by atoms with E-state index in [-0.39, 0.29) is 18.7 Å². The molecule has 0 aliphatic rings. The van der Waals surface area contributed by atoms with Gasteiger partial charge in [-0.2, -0.15) is 0 Å². The zero-order valence-corrected chi connectivity index (χ0v) is 11.2. The van der Waals surface area contributed by atoms with Gasteiger partial charge in [-0.25, -0.2) is 8.78 Å². The Bertz CT molecular complexity index is 783. The van der Waals surface area contributed by atoms with Gasteiger partial charge in [0.05, 0.1) is 0 Å². The van der Waals surface area contributed by atoms with Crippen molar-refractivity contribution in [3.05, 3.63) is 78.4 Å². The van der Waals surface area contributed by atoms with Crippen LogP contribution in [-0.4, -0.2) is 7.85 Å². The second kappa shape index (κ2) is 6.57. The Kier molecular flexibility index (Phi) is 4.76. The van der Waals surface area contributed by atoms with Gasteiger partial charge in [-0.3, -0.25) is 0 Å². The van der Waals surface area contributed by atoms with Gasteiger partial charge < -0.3 is 0 Å². The van der Waals surface area contributed by atoms with Gasteiger partial charge in [-0.05, 0) is 28.8 Å². The maximum absolute atomic E-state index is 14.3. The molecule has 0 bridgehead atoms. The number of rotatable bonds is 2. The molecule has 0 unspecified atom stereocenters. The van der Waals surface area contributed by atoms with Crippen LogP contribution in [0.5, 0.6) is 0 Å². The first-order valence-electron chi connectivity index (χ1n) is 6.55. The van der Waals surface area contributed by atoms with Crippen molar-refractivity contribution in [2.75, 3.05) is 0 Å². The van der Waals surface area contributed by atoms with Crippen LogP contribution in [0, 0.1) is 11.6 Å². The fourth-order valence-electron chi connectivity index (χ4n) is 2.25. The molecule has 0 heterocycles. The van der Waals surface area contributed by atoms with E-state index >= 15 is 0 Å². The van der Waals surface area contributed by atoms with E-state index in [1.54, 1.807) is 18.2 Å². The molecule has 0 aliphatic carbocycles. The second-order valence-corrected chi connectivity index (χ2v) is 4.80. The molecule has 2 radical (unpaired) electrons. The average Bonchev–Trinajstić information content (AvgIpc) is 2.51. The van der Waals surface area contributed by atoms with E-state index in [1.807, 2.05) is 30.3 Å². The molecule has 0 amide bonds. The highest BCUT2D eigenvalue weighted by atomic mass is 19.1. The fourth-order valence-corrected chi connectivity index (χ4v) is 2.25. The summed E-state index contributed by atoms with van der Waals surface area (Å²) in [4.78, 5) is 0. The SMILES string of the molecule is C.[B]c1ccc(-c2ccc(-c3ccccc3)c(F)c2)cc1F. The van der Waals surface area contributed by atoms with Crippen LogP contribution in [0.25, 0.3) is 22.3 Å². The Morgan fingerprint density at radius 2 is 1.23 bits per heavy atom. The van der Waals surface area contributed by atoms with Crippen LogP contribution >= 0.6 is 0 Å². The topological polar surface area (TPSA) is 0 Å². The molecule has 3 aromatic rings. The minimum atomic E-state index is -0.500. The van der Waals surface area contributed by atoms with Crippen LogP contribution in [-0.2, 0) is 0 Å². The summed E-state index contributed by atoms with van der Waals surface area (Å²) in [5.41, 5.74) is 2.63. The summed E-state index contributed by atoms with van der Waals surface area (Å²) in [5, 5.41) is 0. The van der Waals surface area contributed by atoms with Crippen molar-refractivity contribution < 1.29 is 8.78 Å². The van der Waals surface area contributed by atoms with Crippen molar-refractivity contribution in [1.29, 1.82) is 0 Å². The van der Waals surface area contributed by atoms with Crippen LogP contribution in [0.1, 0.15) is 7.43 Å². The van der Waals surface area contributed by atoms with Gasteiger partial charge in [0.2, 0.25) is 0 Å². The van der Waals surface area contributed by atoms with Gasteiger partial charge in [0.25, 0.3) is 0 Å². The summed E-state index contributed by atoms with van der Waals surface area (Å²) in [6.45, 7) is 0. The maximum atomic E-state index is 14.3. The molecule has 0 aliphatic heterocycles. The van der Waals surface area contributed by atoms with Crippen molar-refractivity contribution in [2.45, 2.75) is 7.43 Å². The van der Waals surface area contributed by atoms with Crippen LogP contribution in [0.15, 0.2) is 66.7 Å². The first kappa shape index (κ1) is 16.0. The third kappa shape index (κ3) is 3.09. The number of hydrogen-bond donors (Lipinski definition) is 0. The molecule has 0 spiro atoms. The predicted octanol–water partition coefficient (Wildman–Crippen LogP) is 4.73. The highest BCUT2D eigenvalue weighted by molar-refractivity contribution is 6.32. The van der Waals surface area contributed by atoms with Crippen LogP contribution < -0.4 is 5.46 Å². The number of benzene rings is 3. The Morgan fingerprint density at radius 3 is 1.82 bits per heavy atom. The second-order valence-electron chi connectivity index (χ2n) is 4.80. The van der Waals surface area contributed by atoms with Crippen LogP contribution in [0.2, 0.25) is 0 Å². The van der Waals surface area contributed by atoms with E-state index in [2.05, 4.69) is 0 Å². The van der Waals surface area contributed by atoms with Crippen molar-refractivity contribution in [2.24, 2.45) is 0 Å². The molecule has 0 saturated heterocycles. The molecular weight excluding hydrogens is 277 g/mol. The summed E-state index contributed by atoms with van der Waals surface area (Å²) in [5.74, 6) is -0.837. The van der Waals surface area contributed by atoms with E-state index in [1.165, 1.54) is 18.2 Å². The van der Waals surface area contributed by atoms with Crippen molar-refractivity contribution >= 4 is 13.3 Å². The quantitative estimate of drug-likeness (QED) is 0.599. The molecule has 0 aromatic heterocycles. The Morgan fingerprint density at radius 1 is 0.636 bits per heavy atom. The van der Waals surface area contributed by atoms with Gasteiger partial charge in [0, 0.05) is 5.56 Å². The first-order chi connectivity index (χ1) is 10.1. The molecule has 3 aromatic carbocycles. The molecule has 0 atom stereocenters. The third-order valence-corrected chi connectivity index (χ3v) is 3.39. The van der Waals surface area contributed by atoms with Gasteiger partial charge >= 0.3 is 0 Å². The first-order valence-corrected chi connectivity index (χ1v) is 6.55. The lowest BCUT2D eigenvalue weighted by Gasteiger charge is -2.08. The minimum Gasteiger partial charge on any atom is -0.208 e. The van der Waals surface area contributed by atoms with Gasteiger partial charge in [0.1, 0.15) is 19.5 Å². The zero-order valence-electron chi connectivity index (χ0n) is 11.2. The minimum absolute atomic E-state index is 0. The lowest BCUT2D eigenvalue weighted by Crippen LogP contribution is -2.07. The molecule has 0 nitrogen and oxygen atoms in total. The van der Waals surface area contributed by atoms with Gasteiger partial charge in [0.15, 0.2) is 0 Å². The summed E-state index contributed by atoms with van der Waals surface area (Å²) in [6.07, 6.45) is 0. The van der Waals surface area contributed by atoms with Crippen LogP contribution in [0.4, 0.5) is 8.78 Å². The smallest absolute Gasteiger partial charge is 0.131 e. The van der Waals surface area contributed by atoms with E-state index in [0.29, 0.717) is 16.7 Å². The highest BCUT2D eigenvalue weighted by Gasteiger charge is 2.08. The molecule has 3 rings (SSSR count). The third-order valence-electron chi connectivity index (χ3n) is 3.39. The van der Waals surface area contributed by atoms with E-state index in [0.717, 1.165) is 5.56 Å². The van der Waals surface area contributed by atoms with Crippen molar-refractivity contribution in [3.63, 3.8) is 0 Å². The summed E-state index contributed by atoms with van der Waals surface area (Å²) < 4.78 is 27.8. The Hall–Kier alpha value is -2.42. The van der Waals surface area contributed by atoms with E-state index in [9.17, 15) is 8.78 Å². The highest BCUT2D eigenvalue weighted by Crippen LogP contribution is 2.27. The summed E-state index contributed by atoms with van der Waals surface area (Å²) in [7, 11) is 5.45. The lowest BCUT2D eigenvalue weighted by molar-refractivity contribution is 0.631. The maximum Gasteiger partial charge on any atom is 0.131 e. The summed E-state index contributed by atoms with van der Waals surface area (Å²) >= 11 is 0. The average molecular weight is 292 g/mol. The van der Waals surface area contributed by atoms with E-state index in [4.69, 9.17) is 7.85 Å². The normalized spacial score (nSPS) is 10.1. The van der Waals surface area contributed by atoms with Gasteiger partial charge in [-0.1, -0.05) is 67.5 Å². The fraction of sp³-hybridized carbons (Fsp3) is 0.0526. The monoisotopic (exact) mass is 292 g/mol.